The molecule has 28 heavy (non-hydrogen) atoms. The van der Waals surface area contributed by atoms with Crippen molar-refractivity contribution in [2.24, 2.45) is 0 Å². The monoisotopic (exact) mass is 382 g/mol. The molecule has 9 heteroatoms. The van der Waals surface area contributed by atoms with E-state index in [1.807, 2.05) is 4.90 Å². The zero-order chi connectivity index (χ0) is 19.7. The van der Waals surface area contributed by atoms with Crippen molar-refractivity contribution in [2.45, 2.75) is 6.92 Å². The SMILES string of the molecule is Cc1nc2cc(NC(=O)c3cc([N+](=O)[O-])ccc3N3CCOCC3)ccc2o1. The van der Waals surface area contributed by atoms with E-state index in [1.165, 1.54) is 12.1 Å². The van der Waals surface area contributed by atoms with Gasteiger partial charge in [-0.15, -0.1) is 0 Å². The highest BCUT2D eigenvalue weighted by Gasteiger charge is 2.22. The molecular formula is C19H18N4O5. The number of aromatic nitrogens is 1. The van der Waals surface area contributed by atoms with Gasteiger partial charge in [-0.25, -0.2) is 4.98 Å². The highest BCUT2D eigenvalue weighted by molar-refractivity contribution is 6.09. The van der Waals surface area contributed by atoms with Gasteiger partial charge in [0.05, 0.1) is 29.4 Å². The number of nitrogens with one attached hydrogen (secondary N) is 1. The quantitative estimate of drug-likeness (QED) is 0.545. The van der Waals surface area contributed by atoms with Gasteiger partial charge in [0.15, 0.2) is 11.5 Å². The van der Waals surface area contributed by atoms with Gasteiger partial charge in [0.25, 0.3) is 11.6 Å². The lowest BCUT2D eigenvalue weighted by Crippen LogP contribution is -2.37. The first-order valence-electron chi connectivity index (χ1n) is 8.81. The molecule has 1 N–H and O–H groups in total. The summed E-state index contributed by atoms with van der Waals surface area (Å²) in [6.45, 7) is 4.06. The van der Waals surface area contributed by atoms with Gasteiger partial charge in [0, 0.05) is 37.8 Å². The molecule has 4 rings (SSSR count). The van der Waals surface area contributed by atoms with Gasteiger partial charge < -0.3 is 19.4 Å². The van der Waals surface area contributed by atoms with E-state index >= 15 is 0 Å². The predicted molar refractivity (Wildman–Crippen MR) is 103 cm³/mol. The van der Waals surface area contributed by atoms with Crippen LogP contribution in [0.4, 0.5) is 17.1 Å². The van der Waals surface area contributed by atoms with Crippen molar-refractivity contribution < 1.29 is 18.9 Å². The largest absolute Gasteiger partial charge is 0.441 e. The molecule has 1 amide bonds. The lowest BCUT2D eigenvalue weighted by molar-refractivity contribution is -0.384. The molecule has 144 valence electrons. The molecule has 1 saturated heterocycles. The first kappa shape index (κ1) is 17.9. The molecule has 0 radical (unpaired) electrons. The third-order valence-electron chi connectivity index (χ3n) is 4.54. The molecule has 0 atom stereocenters. The Bertz CT molecular complexity index is 1060. The molecule has 0 unspecified atom stereocenters. The number of nitrogens with zero attached hydrogens (tertiary/aromatic N) is 3. The molecule has 2 heterocycles. The van der Waals surface area contributed by atoms with Crippen LogP contribution in [0, 0.1) is 17.0 Å². The Labute approximate surface area is 160 Å². The highest BCUT2D eigenvalue weighted by Crippen LogP contribution is 2.28. The van der Waals surface area contributed by atoms with Crippen molar-refractivity contribution in [1.29, 1.82) is 0 Å². The predicted octanol–water partition coefficient (Wildman–Crippen LogP) is 3.13. The van der Waals surface area contributed by atoms with Crippen molar-refractivity contribution >= 4 is 34.1 Å². The Kier molecular flexibility index (Phi) is 4.66. The molecular weight excluding hydrogens is 364 g/mol. The summed E-state index contributed by atoms with van der Waals surface area (Å²) in [5, 5.41) is 14.0. The van der Waals surface area contributed by atoms with Crippen LogP contribution in [0.1, 0.15) is 16.2 Å². The van der Waals surface area contributed by atoms with Crippen LogP contribution in [0.5, 0.6) is 0 Å². The highest BCUT2D eigenvalue weighted by atomic mass is 16.6. The standard InChI is InChI=1S/C19H18N4O5/c1-12-20-16-10-13(2-5-18(16)28-12)21-19(24)15-11-14(23(25)26)3-4-17(15)22-6-8-27-9-7-22/h2-5,10-11H,6-9H2,1H3,(H,21,24). The molecule has 1 aliphatic heterocycles. The number of ether oxygens (including phenoxy) is 1. The van der Waals surface area contributed by atoms with E-state index in [2.05, 4.69) is 10.3 Å². The van der Waals surface area contributed by atoms with Gasteiger partial charge in [-0.05, 0) is 24.3 Å². The van der Waals surface area contributed by atoms with Crippen LogP contribution in [0.2, 0.25) is 0 Å². The first-order valence-corrected chi connectivity index (χ1v) is 8.81. The number of oxazole rings is 1. The van der Waals surface area contributed by atoms with Gasteiger partial charge in [-0.3, -0.25) is 14.9 Å². The molecule has 2 aromatic carbocycles. The van der Waals surface area contributed by atoms with Crippen molar-refractivity contribution in [3.05, 3.63) is 58.0 Å². The number of hydrogen-bond donors (Lipinski definition) is 1. The number of benzene rings is 2. The van der Waals surface area contributed by atoms with Crippen LogP contribution in [0.3, 0.4) is 0 Å². The molecule has 1 fully saturated rings. The smallest absolute Gasteiger partial charge is 0.270 e. The fraction of sp³-hybridized carbons (Fsp3) is 0.263. The van der Waals surface area contributed by atoms with Crippen LogP contribution >= 0.6 is 0 Å². The summed E-state index contributed by atoms with van der Waals surface area (Å²) in [4.78, 5) is 29.9. The third-order valence-corrected chi connectivity index (χ3v) is 4.54. The minimum atomic E-state index is -0.510. The van der Waals surface area contributed by atoms with Gasteiger partial charge in [0.2, 0.25) is 0 Å². The summed E-state index contributed by atoms with van der Waals surface area (Å²) in [6, 6.07) is 9.46. The number of nitro benzene ring substituents is 1. The second-order valence-electron chi connectivity index (χ2n) is 6.43. The second-order valence-corrected chi connectivity index (χ2v) is 6.43. The average molecular weight is 382 g/mol. The molecule has 1 aliphatic rings. The molecule has 1 aromatic heterocycles. The maximum absolute atomic E-state index is 13.0. The van der Waals surface area contributed by atoms with E-state index in [0.29, 0.717) is 54.7 Å². The first-order chi connectivity index (χ1) is 13.5. The molecule has 9 nitrogen and oxygen atoms in total. The average Bonchev–Trinajstić information content (AvgIpc) is 3.07. The fourth-order valence-electron chi connectivity index (χ4n) is 3.22. The summed E-state index contributed by atoms with van der Waals surface area (Å²) in [5.74, 6) is 0.108. The number of rotatable bonds is 4. The van der Waals surface area contributed by atoms with Crippen molar-refractivity contribution in [2.75, 3.05) is 36.5 Å². The Morgan fingerprint density at radius 1 is 1.21 bits per heavy atom. The zero-order valence-electron chi connectivity index (χ0n) is 15.2. The minimum Gasteiger partial charge on any atom is -0.441 e. The van der Waals surface area contributed by atoms with Crippen molar-refractivity contribution in [1.82, 2.24) is 4.98 Å². The fourth-order valence-corrected chi connectivity index (χ4v) is 3.22. The number of carbonyl (C=O) groups excluding carboxylic acids is 1. The molecule has 0 spiro atoms. The molecule has 3 aromatic rings. The maximum Gasteiger partial charge on any atom is 0.270 e. The number of hydrogen-bond acceptors (Lipinski definition) is 7. The van der Waals surface area contributed by atoms with E-state index in [-0.39, 0.29) is 11.3 Å². The number of morpholine rings is 1. The lowest BCUT2D eigenvalue weighted by Gasteiger charge is -2.30. The summed E-state index contributed by atoms with van der Waals surface area (Å²) < 4.78 is 10.8. The topological polar surface area (TPSA) is 111 Å². The van der Waals surface area contributed by atoms with Gasteiger partial charge in [-0.2, -0.15) is 0 Å². The van der Waals surface area contributed by atoms with Gasteiger partial charge in [0.1, 0.15) is 5.52 Å². The number of non-ortho nitro benzene ring substituents is 1. The minimum absolute atomic E-state index is 0.135. The lowest BCUT2D eigenvalue weighted by atomic mass is 10.1. The number of amides is 1. The second kappa shape index (κ2) is 7.28. The van der Waals surface area contributed by atoms with E-state index in [9.17, 15) is 14.9 Å². The van der Waals surface area contributed by atoms with Crippen molar-refractivity contribution in [3.63, 3.8) is 0 Å². The molecule has 0 aliphatic carbocycles. The van der Waals surface area contributed by atoms with Crippen LogP contribution in [-0.4, -0.2) is 42.1 Å². The Hall–Kier alpha value is -3.46. The van der Waals surface area contributed by atoms with Crippen LogP contribution in [0.25, 0.3) is 11.1 Å². The van der Waals surface area contributed by atoms with Crippen molar-refractivity contribution in [3.8, 4) is 0 Å². The number of aryl methyl sites for hydroxylation is 1. The summed E-state index contributed by atoms with van der Waals surface area (Å²) in [5.41, 5.74) is 2.54. The third kappa shape index (κ3) is 3.52. The molecule has 0 saturated carbocycles. The Morgan fingerprint density at radius 2 is 2.00 bits per heavy atom. The summed E-state index contributed by atoms with van der Waals surface area (Å²) in [7, 11) is 0. The molecule has 0 bridgehead atoms. The number of fused-ring (bicyclic) bond motifs is 1. The van der Waals surface area contributed by atoms with Gasteiger partial charge >= 0.3 is 0 Å². The summed E-state index contributed by atoms with van der Waals surface area (Å²) >= 11 is 0. The van der Waals surface area contributed by atoms with E-state index in [1.54, 1.807) is 31.2 Å². The number of nitro groups is 1. The maximum atomic E-state index is 13.0. The van der Waals surface area contributed by atoms with Crippen LogP contribution in [-0.2, 0) is 4.74 Å². The Morgan fingerprint density at radius 3 is 2.75 bits per heavy atom. The van der Waals surface area contributed by atoms with Gasteiger partial charge in [-0.1, -0.05) is 0 Å². The van der Waals surface area contributed by atoms with Crippen LogP contribution < -0.4 is 10.2 Å². The van der Waals surface area contributed by atoms with Crippen LogP contribution in [0.15, 0.2) is 40.8 Å². The summed E-state index contributed by atoms with van der Waals surface area (Å²) in [6.07, 6.45) is 0. The normalized spacial score (nSPS) is 14.2. The van der Waals surface area contributed by atoms with E-state index < -0.39 is 10.8 Å². The number of anilines is 2. The Balaban J connectivity index is 1.67. The number of carbonyl (C=O) groups is 1. The van der Waals surface area contributed by atoms with E-state index in [4.69, 9.17) is 9.15 Å². The zero-order valence-corrected chi connectivity index (χ0v) is 15.2. The van der Waals surface area contributed by atoms with E-state index in [0.717, 1.165) is 0 Å².